The van der Waals surface area contributed by atoms with E-state index >= 15 is 0 Å². The first-order valence-corrected chi connectivity index (χ1v) is 9.77. The molecule has 0 aliphatic rings. The summed E-state index contributed by atoms with van der Waals surface area (Å²) in [6.07, 6.45) is 2.43. The second-order valence-corrected chi connectivity index (χ2v) is 7.42. The van der Waals surface area contributed by atoms with Crippen molar-refractivity contribution in [1.29, 1.82) is 0 Å². The lowest BCUT2D eigenvalue weighted by Gasteiger charge is -2.09. The van der Waals surface area contributed by atoms with Crippen molar-refractivity contribution in [3.8, 4) is 5.69 Å². The molecule has 0 bridgehead atoms. The van der Waals surface area contributed by atoms with Crippen LogP contribution in [-0.2, 0) is 4.74 Å². The van der Waals surface area contributed by atoms with E-state index in [9.17, 15) is 4.79 Å². The van der Waals surface area contributed by atoms with E-state index in [1.54, 1.807) is 4.68 Å². The maximum Gasteiger partial charge on any atom is 0.254 e. The molecule has 1 aromatic carbocycles. The van der Waals surface area contributed by atoms with Crippen LogP contribution in [0.2, 0.25) is 5.02 Å². The number of nitrogens with one attached hydrogen (secondary N) is 1. The molecule has 2 aromatic heterocycles. The van der Waals surface area contributed by atoms with Gasteiger partial charge in [-0.2, -0.15) is 5.10 Å². The van der Waals surface area contributed by atoms with Crippen LogP contribution in [0.5, 0.6) is 0 Å². The van der Waals surface area contributed by atoms with E-state index < -0.39 is 0 Å². The number of ether oxygens (including phenoxy) is 1. The van der Waals surface area contributed by atoms with Crippen molar-refractivity contribution in [2.75, 3.05) is 13.2 Å². The number of pyridine rings is 1. The summed E-state index contributed by atoms with van der Waals surface area (Å²) in [5, 5.41) is 8.51. The second-order valence-electron chi connectivity index (χ2n) is 7.05. The van der Waals surface area contributed by atoms with Gasteiger partial charge in [-0.05, 0) is 46.2 Å². The van der Waals surface area contributed by atoms with Gasteiger partial charge in [0.2, 0.25) is 0 Å². The van der Waals surface area contributed by atoms with E-state index in [-0.39, 0.29) is 12.0 Å². The Balaban J connectivity index is 1.82. The molecule has 0 radical (unpaired) electrons. The number of carbonyl (C=O) groups is 1. The molecule has 28 heavy (non-hydrogen) atoms. The van der Waals surface area contributed by atoms with E-state index in [4.69, 9.17) is 16.3 Å². The molecular weight excluding hydrogens is 376 g/mol. The Labute approximate surface area is 169 Å². The van der Waals surface area contributed by atoms with Gasteiger partial charge in [0, 0.05) is 19.3 Å². The van der Waals surface area contributed by atoms with Gasteiger partial charge in [-0.3, -0.25) is 4.79 Å². The van der Waals surface area contributed by atoms with Crippen LogP contribution in [0.3, 0.4) is 0 Å². The third kappa shape index (κ3) is 4.34. The smallest absolute Gasteiger partial charge is 0.254 e. The predicted molar refractivity (Wildman–Crippen MR) is 111 cm³/mol. The fraction of sp³-hybridized carbons (Fsp3) is 0.381. The molecule has 0 unspecified atom stereocenters. The lowest BCUT2D eigenvalue weighted by Crippen LogP contribution is -2.26. The Kier molecular flexibility index (Phi) is 6.31. The van der Waals surface area contributed by atoms with Crippen molar-refractivity contribution in [3.63, 3.8) is 0 Å². The highest BCUT2D eigenvalue weighted by atomic mass is 35.5. The monoisotopic (exact) mass is 400 g/mol. The van der Waals surface area contributed by atoms with Gasteiger partial charge >= 0.3 is 0 Å². The topological polar surface area (TPSA) is 69.0 Å². The molecule has 7 heteroatoms. The highest BCUT2D eigenvalue weighted by Gasteiger charge is 2.19. The van der Waals surface area contributed by atoms with Gasteiger partial charge in [-0.15, -0.1) is 0 Å². The highest BCUT2D eigenvalue weighted by molar-refractivity contribution is 6.38. The number of carbonyl (C=O) groups excluding carboxylic acids is 1. The Morgan fingerprint density at radius 3 is 2.64 bits per heavy atom. The van der Waals surface area contributed by atoms with Gasteiger partial charge in [0.05, 0.1) is 33.5 Å². The number of aromatic nitrogens is 3. The van der Waals surface area contributed by atoms with Gasteiger partial charge in [0.15, 0.2) is 5.65 Å². The molecule has 2 heterocycles. The fourth-order valence-electron chi connectivity index (χ4n) is 2.92. The van der Waals surface area contributed by atoms with Crippen molar-refractivity contribution in [2.45, 2.75) is 40.2 Å². The van der Waals surface area contributed by atoms with Gasteiger partial charge in [-0.25, -0.2) is 9.67 Å². The molecule has 1 N–H and O–H groups in total. The van der Waals surface area contributed by atoms with Gasteiger partial charge in [-0.1, -0.05) is 29.3 Å². The summed E-state index contributed by atoms with van der Waals surface area (Å²) in [5.41, 5.74) is 3.78. The van der Waals surface area contributed by atoms with Crippen LogP contribution in [0.4, 0.5) is 0 Å². The minimum Gasteiger partial charge on any atom is -0.379 e. The Morgan fingerprint density at radius 1 is 1.25 bits per heavy atom. The van der Waals surface area contributed by atoms with E-state index in [1.807, 2.05) is 52.0 Å². The van der Waals surface area contributed by atoms with Crippen LogP contribution in [0.25, 0.3) is 16.7 Å². The van der Waals surface area contributed by atoms with Crippen molar-refractivity contribution in [3.05, 3.63) is 52.3 Å². The minimum atomic E-state index is -0.244. The molecule has 6 nitrogen and oxygen atoms in total. The van der Waals surface area contributed by atoms with Crippen LogP contribution in [0.1, 0.15) is 41.9 Å². The van der Waals surface area contributed by atoms with Crippen LogP contribution in [0.15, 0.2) is 30.5 Å². The maximum atomic E-state index is 12.5. The Hall–Kier alpha value is -2.44. The minimum absolute atomic E-state index is 0.185. The number of halogens is 1. The summed E-state index contributed by atoms with van der Waals surface area (Å²) in [6.45, 7) is 8.99. The van der Waals surface area contributed by atoms with Crippen molar-refractivity contribution < 1.29 is 9.53 Å². The molecule has 0 spiro atoms. The van der Waals surface area contributed by atoms with E-state index in [0.29, 0.717) is 34.8 Å². The van der Waals surface area contributed by atoms with Crippen LogP contribution < -0.4 is 5.32 Å². The third-order valence-electron chi connectivity index (χ3n) is 4.39. The molecule has 0 atom stereocenters. The molecular formula is C21H25ClN4O2. The summed E-state index contributed by atoms with van der Waals surface area (Å²) in [5.74, 6) is -0.244. The lowest BCUT2D eigenvalue weighted by molar-refractivity contribution is 0.0757. The van der Waals surface area contributed by atoms with Crippen LogP contribution in [0, 0.1) is 13.8 Å². The Morgan fingerprint density at radius 2 is 1.96 bits per heavy atom. The number of rotatable bonds is 7. The highest BCUT2D eigenvalue weighted by Crippen LogP contribution is 2.30. The molecule has 3 rings (SSSR count). The molecule has 0 aliphatic carbocycles. The molecule has 0 aliphatic heterocycles. The van der Waals surface area contributed by atoms with Gasteiger partial charge in [0.1, 0.15) is 0 Å². The van der Waals surface area contributed by atoms with Crippen LogP contribution in [-0.4, -0.2) is 39.9 Å². The summed E-state index contributed by atoms with van der Waals surface area (Å²) < 4.78 is 7.23. The molecule has 0 fully saturated rings. The van der Waals surface area contributed by atoms with Crippen molar-refractivity contribution >= 4 is 28.5 Å². The van der Waals surface area contributed by atoms with E-state index in [1.165, 1.54) is 11.8 Å². The number of amides is 1. The zero-order valence-electron chi connectivity index (χ0n) is 16.6. The molecule has 148 valence electrons. The summed E-state index contributed by atoms with van der Waals surface area (Å²) in [6, 6.07) is 8.00. The number of hydrogen-bond donors (Lipinski definition) is 1. The van der Waals surface area contributed by atoms with Gasteiger partial charge in [0.25, 0.3) is 5.91 Å². The first-order valence-electron chi connectivity index (χ1n) is 9.39. The zero-order chi connectivity index (χ0) is 20.3. The Bertz CT molecular complexity index is 980. The molecule has 0 saturated carbocycles. The van der Waals surface area contributed by atoms with Crippen LogP contribution >= 0.6 is 11.6 Å². The summed E-state index contributed by atoms with van der Waals surface area (Å²) >= 11 is 6.57. The average Bonchev–Trinajstić information content (AvgIpc) is 2.99. The molecule has 3 aromatic rings. The predicted octanol–water partition coefficient (Wildman–Crippen LogP) is 4.24. The largest absolute Gasteiger partial charge is 0.379 e. The lowest BCUT2D eigenvalue weighted by atomic mass is 10.2. The number of benzene rings is 1. The molecule has 0 saturated heterocycles. The fourth-order valence-corrected chi connectivity index (χ4v) is 3.28. The first kappa shape index (κ1) is 20.3. The van der Waals surface area contributed by atoms with Gasteiger partial charge < -0.3 is 10.1 Å². The summed E-state index contributed by atoms with van der Waals surface area (Å²) in [4.78, 5) is 17.0. The number of hydrogen-bond acceptors (Lipinski definition) is 4. The molecule has 1 amide bonds. The SMILES string of the molecule is Cc1ccc(-n2nc(C)c3c(Cl)c(C(=O)NCCCOC(C)C)cnc32)cc1. The number of nitrogens with zero attached hydrogens (tertiary/aromatic N) is 3. The normalized spacial score (nSPS) is 11.4. The average molecular weight is 401 g/mol. The summed E-state index contributed by atoms with van der Waals surface area (Å²) in [7, 11) is 0. The number of fused-ring (bicyclic) bond motifs is 1. The number of aryl methyl sites for hydroxylation is 2. The van der Waals surface area contributed by atoms with Crippen molar-refractivity contribution in [2.24, 2.45) is 0 Å². The van der Waals surface area contributed by atoms with Crippen molar-refractivity contribution in [1.82, 2.24) is 20.1 Å². The van der Waals surface area contributed by atoms with E-state index in [2.05, 4.69) is 15.4 Å². The first-order chi connectivity index (χ1) is 13.4. The standard InChI is InChI=1S/C21H25ClN4O2/c1-13(2)28-11-5-10-23-21(27)17-12-24-20-18(19(17)22)15(4)25-26(20)16-8-6-14(3)7-9-16/h6-9,12-13H,5,10-11H2,1-4H3,(H,23,27). The third-order valence-corrected chi connectivity index (χ3v) is 4.78. The quantitative estimate of drug-likeness (QED) is 0.602. The maximum absolute atomic E-state index is 12.5. The second kappa shape index (κ2) is 8.71. The van der Waals surface area contributed by atoms with E-state index in [0.717, 1.165) is 17.8 Å². The zero-order valence-corrected chi connectivity index (χ0v) is 17.4.